The van der Waals surface area contributed by atoms with E-state index in [1.807, 2.05) is 0 Å². The molecule has 0 heterocycles. The minimum atomic E-state index is -0.113. The maximum atomic E-state index is 8.29. The van der Waals surface area contributed by atoms with Crippen molar-refractivity contribution in [2.24, 2.45) is 5.73 Å². The molecule has 0 aromatic carbocycles. The van der Waals surface area contributed by atoms with Crippen molar-refractivity contribution in [3.8, 4) is 0 Å². The van der Waals surface area contributed by atoms with Crippen LogP contribution in [0.2, 0.25) is 0 Å². The van der Waals surface area contributed by atoms with E-state index in [1.165, 1.54) is 0 Å². The van der Waals surface area contributed by atoms with Crippen LogP contribution >= 0.6 is 0 Å². The van der Waals surface area contributed by atoms with Gasteiger partial charge in [0, 0.05) is 6.04 Å². The molecule has 0 spiro atoms. The molecule has 0 saturated carbocycles. The number of aliphatic hydroxyl groups excluding tert-OH is 1. The van der Waals surface area contributed by atoms with E-state index in [2.05, 4.69) is 6.58 Å². The van der Waals surface area contributed by atoms with Crippen molar-refractivity contribution in [2.75, 3.05) is 6.61 Å². The van der Waals surface area contributed by atoms with Gasteiger partial charge in [-0.25, -0.2) is 0 Å². The summed E-state index contributed by atoms with van der Waals surface area (Å²) >= 11 is 0. The SMILES string of the molecule is C=CCC(N)CO.[NaH].[NaH]. The van der Waals surface area contributed by atoms with Gasteiger partial charge < -0.3 is 10.8 Å². The van der Waals surface area contributed by atoms with Gasteiger partial charge in [0.1, 0.15) is 0 Å². The molecule has 0 aliphatic heterocycles. The van der Waals surface area contributed by atoms with Gasteiger partial charge in [-0.15, -0.1) is 6.58 Å². The second-order valence-electron chi connectivity index (χ2n) is 1.47. The van der Waals surface area contributed by atoms with Crippen LogP contribution in [0.5, 0.6) is 0 Å². The summed E-state index contributed by atoms with van der Waals surface area (Å²) in [5.74, 6) is 0. The van der Waals surface area contributed by atoms with Gasteiger partial charge in [0.2, 0.25) is 0 Å². The Hall–Kier alpha value is 1.66. The quantitative estimate of drug-likeness (QED) is 0.382. The van der Waals surface area contributed by atoms with E-state index in [0.717, 1.165) is 0 Å². The van der Waals surface area contributed by atoms with Crippen LogP contribution in [-0.4, -0.2) is 76.9 Å². The molecule has 9 heavy (non-hydrogen) atoms. The van der Waals surface area contributed by atoms with Crippen molar-refractivity contribution < 1.29 is 5.11 Å². The Morgan fingerprint density at radius 3 is 2.11 bits per heavy atom. The Balaban J connectivity index is -0.000000180. The Kier molecular flexibility index (Phi) is 23.3. The van der Waals surface area contributed by atoms with Gasteiger partial charge in [0.25, 0.3) is 0 Å². The molecule has 46 valence electrons. The number of rotatable bonds is 3. The van der Waals surface area contributed by atoms with Crippen molar-refractivity contribution in [2.45, 2.75) is 12.5 Å². The average molecular weight is 149 g/mol. The summed E-state index contributed by atoms with van der Waals surface area (Å²) in [7, 11) is 0. The van der Waals surface area contributed by atoms with Crippen LogP contribution in [0.15, 0.2) is 12.7 Å². The second kappa shape index (κ2) is 12.3. The average Bonchev–Trinajstić information content (AvgIpc) is 1.68. The third-order valence-electron chi connectivity index (χ3n) is 0.704. The zero-order valence-electron chi connectivity index (χ0n) is 4.30. The van der Waals surface area contributed by atoms with E-state index in [-0.39, 0.29) is 71.8 Å². The van der Waals surface area contributed by atoms with Crippen molar-refractivity contribution >= 4 is 59.1 Å². The Labute approximate surface area is 100 Å². The first-order chi connectivity index (χ1) is 3.31. The third kappa shape index (κ3) is 12.8. The molecule has 1 unspecified atom stereocenters. The molecule has 0 saturated heterocycles. The maximum absolute atomic E-state index is 8.29. The molecule has 0 radical (unpaired) electrons. The molecule has 0 aromatic heterocycles. The van der Waals surface area contributed by atoms with Gasteiger partial charge in [0.05, 0.1) is 6.61 Å². The van der Waals surface area contributed by atoms with Crippen molar-refractivity contribution in [1.29, 1.82) is 0 Å². The summed E-state index contributed by atoms with van der Waals surface area (Å²) in [5.41, 5.74) is 5.26. The first kappa shape index (κ1) is 17.0. The van der Waals surface area contributed by atoms with Crippen LogP contribution in [0, 0.1) is 0 Å². The fourth-order valence-corrected chi connectivity index (χ4v) is 0.289. The zero-order valence-corrected chi connectivity index (χ0v) is 4.30. The van der Waals surface area contributed by atoms with E-state index < -0.39 is 0 Å². The van der Waals surface area contributed by atoms with E-state index >= 15 is 0 Å². The third-order valence-corrected chi connectivity index (χ3v) is 0.704. The standard InChI is InChI=1S/C5H11NO.2Na.2H/c1-2-3-5(6)4-7;;;;/h2,5,7H,1,3-4,6H2;;;;. The Morgan fingerprint density at radius 2 is 2.00 bits per heavy atom. The van der Waals surface area contributed by atoms with Crippen LogP contribution in [0.3, 0.4) is 0 Å². The van der Waals surface area contributed by atoms with Crippen LogP contribution in [-0.2, 0) is 0 Å². The van der Waals surface area contributed by atoms with Crippen LogP contribution in [0.4, 0.5) is 0 Å². The number of hydrogen-bond acceptors (Lipinski definition) is 2. The molecule has 0 aliphatic carbocycles. The molecular formula is C5H13NNa2O. The van der Waals surface area contributed by atoms with Gasteiger partial charge in [0.15, 0.2) is 0 Å². The van der Waals surface area contributed by atoms with Crippen LogP contribution in [0.25, 0.3) is 0 Å². The van der Waals surface area contributed by atoms with Gasteiger partial charge in [-0.1, -0.05) is 6.08 Å². The van der Waals surface area contributed by atoms with E-state index in [9.17, 15) is 0 Å². The fourth-order valence-electron chi connectivity index (χ4n) is 0.289. The second-order valence-corrected chi connectivity index (χ2v) is 1.47. The minimum absolute atomic E-state index is 0. The van der Waals surface area contributed by atoms with E-state index in [1.54, 1.807) is 6.08 Å². The van der Waals surface area contributed by atoms with Crippen molar-refractivity contribution in [3.63, 3.8) is 0 Å². The van der Waals surface area contributed by atoms with Gasteiger partial charge in [-0.3, -0.25) is 0 Å². The molecule has 0 aliphatic rings. The van der Waals surface area contributed by atoms with E-state index in [4.69, 9.17) is 10.8 Å². The monoisotopic (exact) mass is 149 g/mol. The summed E-state index contributed by atoms with van der Waals surface area (Å²) in [6, 6.07) is -0.113. The topological polar surface area (TPSA) is 46.2 Å². The van der Waals surface area contributed by atoms with Crippen LogP contribution < -0.4 is 5.73 Å². The first-order valence-electron chi connectivity index (χ1n) is 2.28. The van der Waals surface area contributed by atoms with E-state index in [0.29, 0.717) is 6.42 Å². The summed E-state index contributed by atoms with van der Waals surface area (Å²) in [6.07, 6.45) is 2.39. The van der Waals surface area contributed by atoms with Gasteiger partial charge in [-0.2, -0.15) is 0 Å². The molecule has 0 aromatic rings. The molecular weight excluding hydrogens is 136 g/mol. The summed E-state index contributed by atoms with van der Waals surface area (Å²) < 4.78 is 0. The summed E-state index contributed by atoms with van der Waals surface area (Å²) in [5, 5.41) is 8.29. The van der Waals surface area contributed by atoms with Crippen molar-refractivity contribution in [3.05, 3.63) is 12.7 Å². The molecule has 0 amide bonds. The molecule has 1 atom stereocenters. The predicted molar refractivity (Wildman–Crippen MR) is 44.2 cm³/mol. The molecule has 2 nitrogen and oxygen atoms in total. The Morgan fingerprint density at radius 1 is 1.56 bits per heavy atom. The zero-order chi connectivity index (χ0) is 5.70. The number of aliphatic hydroxyl groups is 1. The molecule has 0 bridgehead atoms. The predicted octanol–water partition coefficient (Wildman–Crippen LogP) is -1.41. The van der Waals surface area contributed by atoms with Crippen LogP contribution in [0.1, 0.15) is 6.42 Å². The number of nitrogens with two attached hydrogens (primary N) is 1. The molecule has 4 heteroatoms. The van der Waals surface area contributed by atoms with Gasteiger partial charge >= 0.3 is 59.1 Å². The summed E-state index contributed by atoms with van der Waals surface area (Å²) in [6.45, 7) is 3.51. The molecule has 0 rings (SSSR count). The fraction of sp³-hybridized carbons (Fsp3) is 0.600. The van der Waals surface area contributed by atoms with Gasteiger partial charge in [-0.05, 0) is 6.42 Å². The first-order valence-corrected chi connectivity index (χ1v) is 2.28. The van der Waals surface area contributed by atoms with Crippen molar-refractivity contribution in [1.82, 2.24) is 0 Å². The number of hydrogen-bond donors (Lipinski definition) is 2. The molecule has 0 fully saturated rings. The summed E-state index contributed by atoms with van der Waals surface area (Å²) in [4.78, 5) is 0. The molecule has 3 N–H and O–H groups in total. The Bertz CT molecular complexity index is 60.9. The normalized spacial score (nSPS) is 10.4.